The van der Waals surface area contributed by atoms with Crippen LogP contribution in [0.25, 0.3) is 5.57 Å². The van der Waals surface area contributed by atoms with Gasteiger partial charge in [0.25, 0.3) is 0 Å². The molecule has 1 aliphatic rings. The number of thiophene rings is 1. The Morgan fingerprint density at radius 1 is 1.07 bits per heavy atom. The van der Waals surface area contributed by atoms with Gasteiger partial charge in [-0.3, -0.25) is 0 Å². The van der Waals surface area contributed by atoms with Gasteiger partial charge in [0.05, 0.1) is 0 Å². The van der Waals surface area contributed by atoms with Crippen LogP contribution >= 0.6 is 11.3 Å². The van der Waals surface area contributed by atoms with Gasteiger partial charge >= 0.3 is 0 Å². The summed E-state index contributed by atoms with van der Waals surface area (Å²) in [5.41, 5.74) is 5.86. The van der Waals surface area contributed by atoms with Crippen LogP contribution in [0.1, 0.15) is 22.9 Å². The predicted octanol–water partition coefficient (Wildman–Crippen LogP) is 4.13. The van der Waals surface area contributed by atoms with Crippen molar-refractivity contribution < 1.29 is 0 Å². The lowest BCUT2D eigenvalue weighted by atomic mass is 10.0. The molecular weight excluding hydrogens is 200 g/mol. The molecule has 0 saturated heterocycles. The summed E-state index contributed by atoms with van der Waals surface area (Å²) in [6, 6.07) is 13.1. The summed E-state index contributed by atoms with van der Waals surface area (Å²) in [6.45, 7) is 2.25. The van der Waals surface area contributed by atoms with Gasteiger partial charge in [-0.05, 0) is 41.5 Å². The highest BCUT2D eigenvalue weighted by Crippen LogP contribution is 2.38. The van der Waals surface area contributed by atoms with Gasteiger partial charge in [-0.1, -0.05) is 35.9 Å². The average molecular weight is 212 g/mol. The Morgan fingerprint density at radius 2 is 1.93 bits per heavy atom. The first kappa shape index (κ1) is 8.93. The monoisotopic (exact) mass is 212 g/mol. The van der Waals surface area contributed by atoms with E-state index >= 15 is 0 Å². The summed E-state index contributed by atoms with van der Waals surface area (Å²) in [5, 5.41) is 2.15. The van der Waals surface area contributed by atoms with Gasteiger partial charge in [0, 0.05) is 4.88 Å². The van der Waals surface area contributed by atoms with Crippen molar-refractivity contribution in [2.45, 2.75) is 13.3 Å². The third-order valence-corrected chi connectivity index (χ3v) is 3.82. The molecule has 0 bridgehead atoms. The van der Waals surface area contributed by atoms with Crippen LogP contribution in [0.4, 0.5) is 0 Å². The number of rotatable bonds is 1. The standard InChI is InChI=1S/C14H12S/c1-10-9-11-5-2-3-6-12(11)14(10)13-7-4-8-15-13/h2-8H,9H2,1H3. The Hall–Kier alpha value is -1.34. The van der Waals surface area contributed by atoms with Gasteiger partial charge < -0.3 is 0 Å². The topological polar surface area (TPSA) is 0 Å². The van der Waals surface area contributed by atoms with E-state index in [1.165, 1.54) is 27.2 Å². The minimum atomic E-state index is 1.11. The van der Waals surface area contributed by atoms with E-state index in [2.05, 4.69) is 48.7 Å². The minimum absolute atomic E-state index is 1.11. The Balaban J connectivity index is 2.20. The van der Waals surface area contributed by atoms with Crippen LogP contribution in [-0.4, -0.2) is 0 Å². The first-order valence-electron chi connectivity index (χ1n) is 5.18. The molecule has 0 atom stereocenters. The van der Waals surface area contributed by atoms with Gasteiger partial charge in [-0.15, -0.1) is 11.3 Å². The molecule has 0 spiro atoms. The maximum absolute atomic E-state index is 2.25. The van der Waals surface area contributed by atoms with Crippen LogP contribution in [0.5, 0.6) is 0 Å². The first-order chi connectivity index (χ1) is 7.36. The molecule has 3 rings (SSSR count). The molecule has 0 saturated carbocycles. The molecular formula is C14H12S. The van der Waals surface area contributed by atoms with E-state index in [-0.39, 0.29) is 0 Å². The van der Waals surface area contributed by atoms with E-state index < -0.39 is 0 Å². The Bertz CT molecular complexity index is 518. The molecule has 0 aliphatic heterocycles. The number of hydrogen-bond donors (Lipinski definition) is 0. The Kier molecular flexibility index (Phi) is 2.00. The molecule has 0 N–H and O–H groups in total. The minimum Gasteiger partial charge on any atom is -0.144 e. The van der Waals surface area contributed by atoms with Crippen molar-refractivity contribution in [3.05, 3.63) is 63.4 Å². The van der Waals surface area contributed by atoms with Gasteiger partial charge in [0.1, 0.15) is 0 Å². The van der Waals surface area contributed by atoms with Gasteiger partial charge in [-0.25, -0.2) is 0 Å². The Labute approximate surface area is 93.9 Å². The zero-order valence-electron chi connectivity index (χ0n) is 8.66. The number of allylic oxidation sites excluding steroid dienone is 1. The lowest BCUT2D eigenvalue weighted by Crippen LogP contribution is -1.83. The van der Waals surface area contributed by atoms with Crippen molar-refractivity contribution in [2.75, 3.05) is 0 Å². The molecule has 74 valence electrons. The highest BCUT2D eigenvalue weighted by atomic mass is 32.1. The maximum atomic E-state index is 2.25. The fraction of sp³-hybridized carbons (Fsp3) is 0.143. The fourth-order valence-corrected chi connectivity index (χ4v) is 3.15. The van der Waals surface area contributed by atoms with Crippen LogP contribution in [0.3, 0.4) is 0 Å². The number of hydrogen-bond acceptors (Lipinski definition) is 1. The second-order valence-corrected chi connectivity index (χ2v) is 4.91. The SMILES string of the molecule is CC1=C(c2cccs2)c2ccccc2C1. The van der Waals surface area contributed by atoms with Crippen LogP contribution in [0.15, 0.2) is 47.4 Å². The smallest absolute Gasteiger partial charge is 0.0348 e. The van der Waals surface area contributed by atoms with E-state index in [0.29, 0.717) is 0 Å². The van der Waals surface area contributed by atoms with Gasteiger partial charge in [0.2, 0.25) is 0 Å². The van der Waals surface area contributed by atoms with E-state index in [9.17, 15) is 0 Å². The van der Waals surface area contributed by atoms with Crippen molar-refractivity contribution in [1.82, 2.24) is 0 Å². The highest BCUT2D eigenvalue weighted by molar-refractivity contribution is 7.11. The summed E-state index contributed by atoms with van der Waals surface area (Å²) in [4.78, 5) is 1.40. The molecule has 1 heteroatoms. The second-order valence-electron chi connectivity index (χ2n) is 3.97. The fourth-order valence-electron chi connectivity index (χ4n) is 2.29. The number of benzene rings is 1. The Morgan fingerprint density at radius 3 is 2.73 bits per heavy atom. The molecule has 1 aromatic carbocycles. The third kappa shape index (κ3) is 1.35. The maximum Gasteiger partial charge on any atom is 0.0348 e. The first-order valence-corrected chi connectivity index (χ1v) is 6.06. The molecule has 0 unspecified atom stereocenters. The van der Waals surface area contributed by atoms with E-state index in [1.54, 1.807) is 0 Å². The van der Waals surface area contributed by atoms with E-state index in [0.717, 1.165) is 6.42 Å². The molecule has 1 aromatic heterocycles. The third-order valence-electron chi connectivity index (χ3n) is 2.94. The zero-order chi connectivity index (χ0) is 10.3. The molecule has 2 aromatic rings. The van der Waals surface area contributed by atoms with Crippen molar-refractivity contribution in [2.24, 2.45) is 0 Å². The van der Waals surface area contributed by atoms with Crippen molar-refractivity contribution in [3.63, 3.8) is 0 Å². The highest BCUT2D eigenvalue weighted by Gasteiger charge is 2.19. The summed E-state index contributed by atoms with van der Waals surface area (Å²) < 4.78 is 0. The molecule has 15 heavy (non-hydrogen) atoms. The van der Waals surface area contributed by atoms with Crippen LogP contribution < -0.4 is 0 Å². The molecule has 0 radical (unpaired) electrons. The lowest BCUT2D eigenvalue weighted by Gasteiger charge is -2.03. The normalized spacial score (nSPS) is 14.5. The summed E-state index contributed by atoms with van der Waals surface area (Å²) in [5.74, 6) is 0. The second kappa shape index (κ2) is 3.35. The molecule has 0 nitrogen and oxygen atoms in total. The summed E-state index contributed by atoms with van der Waals surface area (Å²) >= 11 is 1.83. The predicted molar refractivity (Wildman–Crippen MR) is 66.2 cm³/mol. The molecule has 0 fully saturated rings. The van der Waals surface area contributed by atoms with Crippen molar-refractivity contribution in [1.29, 1.82) is 0 Å². The quantitative estimate of drug-likeness (QED) is 0.667. The van der Waals surface area contributed by atoms with Crippen LogP contribution in [0, 0.1) is 0 Å². The summed E-state index contributed by atoms with van der Waals surface area (Å²) in [6.07, 6.45) is 1.11. The van der Waals surface area contributed by atoms with Crippen LogP contribution in [-0.2, 0) is 6.42 Å². The number of fused-ring (bicyclic) bond motifs is 1. The van der Waals surface area contributed by atoms with E-state index in [4.69, 9.17) is 0 Å². The molecule has 0 amide bonds. The zero-order valence-corrected chi connectivity index (χ0v) is 9.47. The average Bonchev–Trinajstić information content (AvgIpc) is 2.82. The largest absolute Gasteiger partial charge is 0.144 e. The van der Waals surface area contributed by atoms with Gasteiger partial charge in [-0.2, -0.15) is 0 Å². The van der Waals surface area contributed by atoms with Gasteiger partial charge in [0.15, 0.2) is 0 Å². The lowest BCUT2D eigenvalue weighted by molar-refractivity contribution is 1.19. The van der Waals surface area contributed by atoms with Crippen LogP contribution in [0.2, 0.25) is 0 Å². The molecule has 1 heterocycles. The van der Waals surface area contributed by atoms with Crippen molar-refractivity contribution >= 4 is 16.9 Å². The van der Waals surface area contributed by atoms with Crippen molar-refractivity contribution in [3.8, 4) is 0 Å². The molecule has 1 aliphatic carbocycles. The van der Waals surface area contributed by atoms with E-state index in [1.807, 2.05) is 11.3 Å². The summed E-state index contributed by atoms with van der Waals surface area (Å²) in [7, 11) is 0.